The smallest absolute Gasteiger partial charge is 0.266 e. The van der Waals surface area contributed by atoms with Crippen molar-refractivity contribution in [1.82, 2.24) is 4.98 Å². The number of rotatable bonds is 3. The summed E-state index contributed by atoms with van der Waals surface area (Å²) in [7, 11) is 0. The van der Waals surface area contributed by atoms with Crippen LogP contribution in [-0.2, 0) is 5.88 Å². The van der Waals surface area contributed by atoms with Gasteiger partial charge in [-0.3, -0.25) is 9.78 Å². The Morgan fingerprint density at radius 1 is 1.64 bits per heavy atom. The van der Waals surface area contributed by atoms with Crippen LogP contribution in [0, 0.1) is 6.92 Å². The van der Waals surface area contributed by atoms with Crippen LogP contribution < -0.4 is 0 Å². The number of hydrogen-bond acceptors (Lipinski definition) is 2. The van der Waals surface area contributed by atoms with Crippen LogP contribution >= 0.6 is 11.6 Å². The van der Waals surface area contributed by atoms with E-state index in [2.05, 4.69) is 4.98 Å². The summed E-state index contributed by atoms with van der Waals surface area (Å²) in [6, 6.07) is 1.32. The normalized spacial score (nSPS) is 10.6. The molecule has 0 aliphatic heterocycles. The molecule has 0 saturated carbocycles. The number of halogens is 3. The monoisotopic (exact) mass is 219 g/mol. The first-order chi connectivity index (χ1) is 6.60. The van der Waals surface area contributed by atoms with Crippen molar-refractivity contribution in [2.24, 2.45) is 0 Å². The van der Waals surface area contributed by atoms with Gasteiger partial charge in [0.05, 0.1) is 17.1 Å². The molecule has 76 valence electrons. The van der Waals surface area contributed by atoms with Crippen molar-refractivity contribution in [3.8, 4) is 0 Å². The van der Waals surface area contributed by atoms with Crippen LogP contribution in [0.1, 0.15) is 33.7 Å². The summed E-state index contributed by atoms with van der Waals surface area (Å²) >= 11 is 5.47. The molecular weight excluding hydrogens is 212 g/mol. The third kappa shape index (κ3) is 2.07. The molecule has 1 heterocycles. The number of aldehydes is 1. The zero-order chi connectivity index (χ0) is 10.7. The molecular formula is C9H8ClF2NO. The van der Waals surface area contributed by atoms with Gasteiger partial charge in [-0.25, -0.2) is 8.78 Å². The van der Waals surface area contributed by atoms with Gasteiger partial charge < -0.3 is 0 Å². The summed E-state index contributed by atoms with van der Waals surface area (Å²) in [5.74, 6) is -0.123. The fourth-order valence-corrected chi connectivity index (χ4v) is 1.43. The first-order valence-electron chi connectivity index (χ1n) is 3.89. The molecule has 0 aromatic carbocycles. The highest BCUT2D eigenvalue weighted by Gasteiger charge is 2.18. The predicted octanol–water partition coefficient (Wildman–Crippen LogP) is 2.88. The van der Waals surface area contributed by atoms with Crippen LogP contribution in [0.5, 0.6) is 0 Å². The third-order valence-electron chi connectivity index (χ3n) is 1.77. The van der Waals surface area contributed by atoms with E-state index in [0.717, 1.165) is 0 Å². The van der Waals surface area contributed by atoms with Crippen LogP contribution in [0.4, 0.5) is 8.78 Å². The molecule has 0 aliphatic rings. The molecule has 0 unspecified atom stereocenters. The van der Waals surface area contributed by atoms with E-state index in [0.29, 0.717) is 12.0 Å². The molecule has 1 aromatic heterocycles. The van der Waals surface area contributed by atoms with Gasteiger partial charge in [0.15, 0.2) is 6.29 Å². The van der Waals surface area contributed by atoms with Crippen LogP contribution in [0.2, 0.25) is 0 Å². The Hall–Kier alpha value is -1.03. The predicted molar refractivity (Wildman–Crippen MR) is 48.9 cm³/mol. The van der Waals surface area contributed by atoms with Gasteiger partial charge >= 0.3 is 0 Å². The molecule has 0 saturated heterocycles. The Kier molecular flexibility index (Phi) is 3.52. The molecule has 0 amide bonds. The number of aromatic nitrogens is 1. The SMILES string of the molecule is Cc1cc(C=O)c(C(F)F)c(CCl)n1. The molecule has 0 spiro atoms. The first-order valence-corrected chi connectivity index (χ1v) is 4.43. The van der Waals surface area contributed by atoms with Crippen molar-refractivity contribution in [2.45, 2.75) is 19.2 Å². The molecule has 0 radical (unpaired) electrons. The van der Waals surface area contributed by atoms with Gasteiger partial charge in [0.2, 0.25) is 0 Å². The standard InChI is InChI=1S/C9H8ClF2NO/c1-5-2-6(4-14)8(9(11)12)7(3-10)13-5/h2,4,9H,3H2,1H3. The fourth-order valence-electron chi connectivity index (χ4n) is 1.23. The summed E-state index contributed by atoms with van der Waals surface area (Å²) < 4.78 is 25.1. The molecule has 14 heavy (non-hydrogen) atoms. The third-order valence-corrected chi connectivity index (χ3v) is 2.02. The lowest BCUT2D eigenvalue weighted by Gasteiger charge is -2.09. The van der Waals surface area contributed by atoms with Gasteiger partial charge in [-0.15, -0.1) is 11.6 Å². The molecule has 0 atom stereocenters. The second-order valence-corrected chi connectivity index (χ2v) is 3.03. The maximum absolute atomic E-state index is 12.5. The Balaban J connectivity index is 3.40. The Morgan fingerprint density at radius 3 is 2.71 bits per heavy atom. The number of nitrogens with zero attached hydrogens (tertiary/aromatic N) is 1. The second kappa shape index (κ2) is 4.46. The zero-order valence-corrected chi connectivity index (χ0v) is 8.18. The topological polar surface area (TPSA) is 30.0 Å². The van der Waals surface area contributed by atoms with E-state index < -0.39 is 6.43 Å². The molecule has 1 rings (SSSR count). The van der Waals surface area contributed by atoms with Gasteiger partial charge in [0, 0.05) is 11.3 Å². The van der Waals surface area contributed by atoms with E-state index in [-0.39, 0.29) is 22.7 Å². The van der Waals surface area contributed by atoms with Crippen LogP contribution in [0.3, 0.4) is 0 Å². The molecule has 5 heteroatoms. The molecule has 0 bridgehead atoms. The molecule has 0 aliphatic carbocycles. The van der Waals surface area contributed by atoms with Crippen molar-refractivity contribution >= 4 is 17.9 Å². The Bertz CT molecular complexity index is 355. The van der Waals surface area contributed by atoms with Crippen LogP contribution in [0.25, 0.3) is 0 Å². The maximum Gasteiger partial charge on any atom is 0.266 e. The van der Waals surface area contributed by atoms with Crippen molar-refractivity contribution in [1.29, 1.82) is 0 Å². The zero-order valence-electron chi connectivity index (χ0n) is 7.43. The van der Waals surface area contributed by atoms with Crippen molar-refractivity contribution in [2.75, 3.05) is 0 Å². The van der Waals surface area contributed by atoms with Crippen molar-refractivity contribution in [3.05, 3.63) is 28.6 Å². The van der Waals surface area contributed by atoms with Crippen LogP contribution in [0.15, 0.2) is 6.07 Å². The van der Waals surface area contributed by atoms with Gasteiger partial charge in [0.25, 0.3) is 6.43 Å². The maximum atomic E-state index is 12.5. The molecule has 0 N–H and O–H groups in total. The minimum absolute atomic E-state index is 0.0387. The average molecular weight is 220 g/mol. The summed E-state index contributed by atoms with van der Waals surface area (Å²) in [5, 5.41) is 0. The summed E-state index contributed by atoms with van der Waals surface area (Å²) in [6.45, 7) is 1.62. The molecule has 2 nitrogen and oxygen atoms in total. The van der Waals surface area contributed by atoms with E-state index >= 15 is 0 Å². The highest BCUT2D eigenvalue weighted by molar-refractivity contribution is 6.17. The Labute approximate surface area is 84.9 Å². The minimum atomic E-state index is -2.72. The number of aryl methyl sites for hydroxylation is 1. The van der Waals surface area contributed by atoms with Crippen molar-refractivity contribution < 1.29 is 13.6 Å². The quantitative estimate of drug-likeness (QED) is 0.578. The number of alkyl halides is 3. The lowest BCUT2D eigenvalue weighted by atomic mass is 10.1. The fraction of sp³-hybridized carbons (Fsp3) is 0.333. The number of pyridine rings is 1. The lowest BCUT2D eigenvalue weighted by Crippen LogP contribution is -2.03. The number of carbonyl (C=O) groups is 1. The van der Waals surface area contributed by atoms with E-state index in [1.807, 2.05) is 0 Å². The Morgan fingerprint density at radius 2 is 2.29 bits per heavy atom. The minimum Gasteiger partial charge on any atom is -0.298 e. The van der Waals surface area contributed by atoms with Gasteiger partial charge in [-0.1, -0.05) is 0 Å². The largest absolute Gasteiger partial charge is 0.298 e. The highest BCUT2D eigenvalue weighted by Crippen LogP contribution is 2.26. The molecule has 0 fully saturated rings. The van der Waals surface area contributed by atoms with Crippen LogP contribution in [-0.4, -0.2) is 11.3 Å². The summed E-state index contributed by atoms with van der Waals surface area (Å²) in [5.41, 5.74) is 0.180. The summed E-state index contributed by atoms with van der Waals surface area (Å²) in [6.07, 6.45) is -2.33. The van der Waals surface area contributed by atoms with E-state index in [1.165, 1.54) is 6.07 Å². The van der Waals surface area contributed by atoms with Crippen molar-refractivity contribution in [3.63, 3.8) is 0 Å². The first kappa shape index (κ1) is 11.0. The number of hydrogen-bond donors (Lipinski definition) is 0. The highest BCUT2D eigenvalue weighted by atomic mass is 35.5. The van der Waals surface area contributed by atoms with E-state index in [9.17, 15) is 13.6 Å². The number of carbonyl (C=O) groups excluding carboxylic acids is 1. The van der Waals surface area contributed by atoms with Gasteiger partial charge in [-0.2, -0.15) is 0 Å². The van der Waals surface area contributed by atoms with Gasteiger partial charge in [0.1, 0.15) is 0 Å². The molecule has 1 aromatic rings. The summed E-state index contributed by atoms with van der Waals surface area (Å²) in [4.78, 5) is 14.4. The second-order valence-electron chi connectivity index (χ2n) is 2.77. The lowest BCUT2D eigenvalue weighted by molar-refractivity contribution is 0.110. The van der Waals surface area contributed by atoms with Gasteiger partial charge in [-0.05, 0) is 13.0 Å². The van der Waals surface area contributed by atoms with E-state index in [4.69, 9.17) is 11.6 Å². The van der Waals surface area contributed by atoms with E-state index in [1.54, 1.807) is 6.92 Å². The average Bonchev–Trinajstić information content (AvgIpc) is 2.15.